The summed E-state index contributed by atoms with van der Waals surface area (Å²) in [5.41, 5.74) is 2.60. The molecular formula is C17H29IN4O. The molecule has 1 aromatic carbocycles. The zero-order chi connectivity index (χ0) is 15.8. The molecule has 0 aliphatic carbocycles. The van der Waals surface area contributed by atoms with Crippen LogP contribution in [-0.4, -0.2) is 46.4 Å². The average Bonchev–Trinajstić information content (AvgIpc) is 3.08. The standard InChI is InChI=1S/C17H28N4O.HI/c1-14(20-17(18-2)19-9-12-22-3)15-7-6-8-16(13-15)21-10-4-5-11-21;/h6-8,13-14H,4-5,9-12H2,1-3H3,(H2,18,19,20);1H. The number of halogens is 1. The molecule has 1 aromatic rings. The van der Waals surface area contributed by atoms with Crippen molar-refractivity contribution in [1.82, 2.24) is 10.6 Å². The predicted octanol–water partition coefficient (Wildman–Crippen LogP) is 2.78. The van der Waals surface area contributed by atoms with Gasteiger partial charge in [0.1, 0.15) is 0 Å². The molecule has 2 rings (SSSR count). The highest BCUT2D eigenvalue weighted by Gasteiger charge is 2.14. The molecule has 0 saturated carbocycles. The molecule has 6 heteroatoms. The van der Waals surface area contributed by atoms with E-state index in [-0.39, 0.29) is 30.0 Å². The van der Waals surface area contributed by atoms with Crippen molar-refractivity contribution in [3.8, 4) is 0 Å². The number of rotatable bonds is 6. The first-order valence-corrected chi connectivity index (χ1v) is 8.05. The summed E-state index contributed by atoms with van der Waals surface area (Å²) in [6.45, 7) is 5.92. The smallest absolute Gasteiger partial charge is 0.191 e. The van der Waals surface area contributed by atoms with Crippen LogP contribution in [0.15, 0.2) is 29.3 Å². The largest absolute Gasteiger partial charge is 0.383 e. The van der Waals surface area contributed by atoms with Gasteiger partial charge in [0.15, 0.2) is 5.96 Å². The zero-order valence-electron chi connectivity index (χ0n) is 14.3. The number of hydrogen-bond donors (Lipinski definition) is 2. The molecule has 1 unspecified atom stereocenters. The maximum Gasteiger partial charge on any atom is 0.191 e. The minimum atomic E-state index is 0. The van der Waals surface area contributed by atoms with E-state index < -0.39 is 0 Å². The van der Waals surface area contributed by atoms with Crippen molar-refractivity contribution < 1.29 is 4.74 Å². The second-order valence-electron chi connectivity index (χ2n) is 5.65. The fraction of sp³-hybridized carbons (Fsp3) is 0.588. The maximum absolute atomic E-state index is 5.05. The van der Waals surface area contributed by atoms with E-state index in [0.29, 0.717) is 6.61 Å². The highest BCUT2D eigenvalue weighted by atomic mass is 127. The fourth-order valence-electron chi connectivity index (χ4n) is 2.72. The Labute approximate surface area is 156 Å². The molecule has 23 heavy (non-hydrogen) atoms. The molecule has 0 bridgehead atoms. The zero-order valence-corrected chi connectivity index (χ0v) is 16.7. The molecule has 1 heterocycles. The highest BCUT2D eigenvalue weighted by molar-refractivity contribution is 14.0. The molecule has 130 valence electrons. The van der Waals surface area contributed by atoms with Gasteiger partial charge >= 0.3 is 0 Å². The number of nitrogens with one attached hydrogen (secondary N) is 2. The van der Waals surface area contributed by atoms with Gasteiger partial charge in [-0.3, -0.25) is 4.99 Å². The first-order valence-electron chi connectivity index (χ1n) is 8.05. The van der Waals surface area contributed by atoms with E-state index in [4.69, 9.17) is 4.74 Å². The molecule has 1 saturated heterocycles. The Morgan fingerprint density at radius 3 is 2.74 bits per heavy atom. The van der Waals surface area contributed by atoms with Gasteiger partial charge in [-0.2, -0.15) is 0 Å². The average molecular weight is 432 g/mol. The number of aliphatic imine (C=N–C) groups is 1. The fourth-order valence-corrected chi connectivity index (χ4v) is 2.72. The van der Waals surface area contributed by atoms with Crippen molar-refractivity contribution in [3.05, 3.63) is 29.8 Å². The first-order chi connectivity index (χ1) is 10.7. The molecule has 1 aliphatic heterocycles. The lowest BCUT2D eigenvalue weighted by atomic mass is 10.1. The first kappa shape index (κ1) is 20.0. The van der Waals surface area contributed by atoms with Crippen LogP contribution in [-0.2, 0) is 4.74 Å². The Morgan fingerprint density at radius 1 is 1.35 bits per heavy atom. The molecule has 1 atom stereocenters. The molecule has 0 spiro atoms. The molecule has 5 nitrogen and oxygen atoms in total. The molecule has 1 aliphatic rings. The number of hydrogen-bond acceptors (Lipinski definition) is 3. The second-order valence-corrected chi connectivity index (χ2v) is 5.65. The van der Waals surface area contributed by atoms with Gasteiger partial charge in [0, 0.05) is 39.5 Å². The molecule has 0 aromatic heterocycles. The Morgan fingerprint density at radius 2 is 2.09 bits per heavy atom. The summed E-state index contributed by atoms with van der Waals surface area (Å²) >= 11 is 0. The summed E-state index contributed by atoms with van der Waals surface area (Å²) in [7, 11) is 3.49. The van der Waals surface area contributed by atoms with Crippen molar-refractivity contribution in [2.45, 2.75) is 25.8 Å². The summed E-state index contributed by atoms with van der Waals surface area (Å²) in [5.74, 6) is 0.802. The van der Waals surface area contributed by atoms with Crippen molar-refractivity contribution in [3.63, 3.8) is 0 Å². The van der Waals surface area contributed by atoms with E-state index in [2.05, 4.69) is 51.7 Å². The lowest BCUT2D eigenvalue weighted by Gasteiger charge is -2.22. The summed E-state index contributed by atoms with van der Waals surface area (Å²) in [4.78, 5) is 6.71. The third-order valence-electron chi connectivity index (χ3n) is 4.02. The monoisotopic (exact) mass is 432 g/mol. The Bertz CT molecular complexity index is 489. The Hall–Kier alpha value is -1.02. The van der Waals surface area contributed by atoms with Gasteiger partial charge in [-0.15, -0.1) is 24.0 Å². The topological polar surface area (TPSA) is 48.9 Å². The maximum atomic E-state index is 5.05. The molecule has 2 N–H and O–H groups in total. The van der Waals surface area contributed by atoms with Crippen molar-refractivity contribution >= 4 is 35.6 Å². The van der Waals surface area contributed by atoms with E-state index in [1.54, 1.807) is 14.2 Å². The number of nitrogens with zero attached hydrogens (tertiary/aromatic N) is 2. The second kappa shape index (κ2) is 10.7. The van der Waals surface area contributed by atoms with Crippen molar-refractivity contribution in [2.75, 3.05) is 45.3 Å². The molecule has 1 fully saturated rings. The SMILES string of the molecule is CN=C(NCCOC)NC(C)c1cccc(N2CCCC2)c1.I. The number of anilines is 1. The Kier molecular flexibility index (Phi) is 9.31. The van der Waals surface area contributed by atoms with Gasteiger partial charge in [0.05, 0.1) is 12.6 Å². The van der Waals surface area contributed by atoms with Crippen LogP contribution in [0.1, 0.15) is 31.4 Å². The number of benzene rings is 1. The third-order valence-corrected chi connectivity index (χ3v) is 4.02. The van der Waals surface area contributed by atoms with Crippen molar-refractivity contribution in [2.24, 2.45) is 4.99 Å². The van der Waals surface area contributed by atoms with E-state index in [1.807, 2.05) is 0 Å². The van der Waals surface area contributed by atoms with Gasteiger partial charge in [-0.25, -0.2) is 0 Å². The number of ether oxygens (including phenoxy) is 1. The van der Waals surface area contributed by atoms with Crippen LogP contribution in [0.5, 0.6) is 0 Å². The summed E-state index contributed by atoms with van der Waals surface area (Å²) in [6, 6.07) is 9.00. The third kappa shape index (κ3) is 6.18. The van der Waals surface area contributed by atoms with Gasteiger partial charge in [-0.05, 0) is 37.5 Å². The van der Waals surface area contributed by atoms with E-state index >= 15 is 0 Å². The molecular weight excluding hydrogens is 403 g/mol. The van der Waals surface area contributed by atoms with Crippen LogP contribution in [0.2, 0.25) is 0 Å². The molecule has 0 amide bonds. The predicted molar refractivity (Wildman–Crippen MR) is 108 cm³/mol. The lowest BCUT2D eigenvalue weighted by Crippen LogP contribution is -2.40. The lowest BCUT2D eigenvalue weighted by molar-refractivity contribution is 0.203. The van der Waals surface area contributed by atoms with Crippen LogP contribution in [0.4, 0.5) is 5.69 Å². The van der Waals surface area contributed by atoms with Crippen LogP contribution in [0, 0.1) is 0 Å². The summed E-state index contributed by atoms with van der Waals surface area (Å²) < 4.78 is 5.05. The van der Waals surface area contributed by atoms with E-state index in [1.165, 1.54) is 37.2 Å². The van der Waals surface area contributed by atoms with Crippen LogP contribution in [0.25, 0.3) is 0 Å². The number of guanidine groups is 1. The minimum absolute atomic E-state index is 0. The minimum Gasteiger partial charge on any atom is -0.383 e. The van der Waals surface area contributed by atoms with Gasteiger partial charge < -0.3 is 20.3 Å². The molecule has 0 radical (unpaired) electrons. The van der Waals surface area contributed by atoms with Gasteiger partial charge in [0.2, 0.25) is 0 Å². The van der Waals surface area contributed by atoms with Gasteiger partial charge in [0.25, 0.3) is 0 Å². The quantitative estimate of drug-likeness (QED) is 0.314. The summed E-state index contributed by atoms with van der Waals surface area (Å²) in [5, 5.41) is 6.67. The van der Waals surface area contributed by atoms with Crippen LogP contribution >= 0.6 is 24.0 Å². The highest BCUT2D eigenvalue weighted by Crippen LogP contribution is 2.23. The van der Waals surface area contributed by atoms with Crippen LogP contribution in [0.3, 0.4) is 0 Å². The van der Waals surface area contributed by atoms with E-state index in [9.17, 15) is 0 Å². The number of methoxy groups -OCH3 is 1. The Balaban J connectivity index is 0.00000264. The van der Waals surface area contributed by atoms with Gasteiger partial charge in [-0.1, -0.05) is 12.1 Å². The van der Waals surface area contributed by atoms with Crippen LogP contribution < -0.4 is 15.5 Å². The summed E-state index contributed by atoms with van der Waals surface area (Å²) in [6.07, 6.45) is 2.60. The van der Waals surface area contributed by atoms with Crippen molar-refractivity contribution in [1.29, 1.82) is 0 Å². The normalized spacial score (nSPS) is 16.0. The van der Waals surface area contributed by atoms with E-state index in [0.717, 1.165) is 12.5 Å².